The molecule has 0 bridgehead atoms. The quantitative estimate of drug-likeness (QED) is 0.623. The van der Waals surface area contributed by atoms with Crippen molar-refractivity contribution in [2.45, 2.75) is 19.3 Å². The minimum absolute atomic E-state index is 0.0436. The highest BCUT2D eigenvalue weighted by Gasteiger charge is 2.22. The monoisotopic (exact) mass is 298 g/mol. The van der Waals surface area contributed by atoms with Gasteiger partial charge in [-0.05, 0) is 19.3 Å². The Morgan fingerprint density at radius 3 is 2.10 bits per heavy atom. The average molecular weight is 298 g/mol. The van der Waals surface area contributed by atoms with Gasteiger partial charge < -0.3 is 14.4 Å². The van der Waals surface area contributed by atoms with Crippen LogP contribution in [0.25, 0.3) is 0 Å². The number of hydrogen-bond acceptors (Lipinski definition) is 6. The Labute approximate surface area is 124 Å². The highest BCUT2D eigenvalue weighted by molar-refractivity contribution is 5.82. The average Bonchev–Trinajstić information content (AvgIpc) is 2.99. The van der Waals surface area contributed by atoms with Crippen LogP contribution in [-0.2, 0) is 23.9 Å². The number of ether oxygens (including phenoxy) is 2. The highest BCUT2D eigenvalue weighted by atomic mass is 16.5. The van der Waals surface area contributed by atoms with E-state index in [0.717, 1.165) is 25.0 Å². The molecular formula is C14H22N2O5. The second kappa shape index (κ2) is 8.41. The van der Waals surface area contributed by atoms with Crippen molar-refractivity contribution < 1.29 is 23.9 Å². The van der Waals surface area contributed by atoms with Gasteiger partial charge in [0, 0.05) is 12.7 Å². The Hall–Kier alpha value is -1.89. The molecule has 0 atom stereocenters. The van der Waals surface area contributed by atoms with E-state index in [1.807, 2.05) is 6.08 Å². The summed E-state index contributed by atoms with van der Waals surface area (Å²) in [7, 11) is 4.22. The summed E-state index contributed by atoms with van der Waals surface area (Å²) >= 11 is 0. The van der Waals surface area contributed by atoms with Gasteiger partial charge in [-0.3, -0.25) is 19.3 Å². The Morgan fingerprint density at radius 2 is 1.67 bits per heavy atom. The highest BCUT2D eigenvalue weighted by Crippen LogP contribution is 2.20. The smallest absolute Gasteiger partial charge is 0.319 e. The van der Waals surface area contributed by atoms with Gasteiger partial charge in [0.1, 0.15) is 0 Å². The largest absolute Gasteiger partial charge is 0.468 e. The molecule has 1 aliphatic rings. The maximum Gasteiger partial charge on any atom is 0.319 e. The zero-order valence-electron chi connectivity index (χ0n) is 12.8. The van der Waals surface area contributed by atoms with Crippen molar-refractivity contribution in [2.24, 2.45) is 0 Å². The van der Waals surface area contributed by atoms with Crippen molar-refractivity contribution in [3.63, 3.8) is 0 Å². The fourth-order valence-corrected chi connectivity index (χ4v) is 2.08. The molecule has 0 saturated heterocycles. The standard InChI is InChI=1S/C14H22N2O5/c1-15(11-6-4-5-7-11)12(17)8-16(9-13(18)20-2)10-14(19)21-3/h6H,4-5,7-10H2,1-3H3. The van der Waals surface area contributed by atoms with E-state index in [2.05, 4.69) is 9.47 Å². The Bertz CT molecular complexity index is 415. The lowest BCUT2D eigenvalue weighted by Gasteiger charge is -2.24. The van der Waals surface area contributed by atoms with Gasteiger partial charge in [0.25, 0.3) is 0 Å². The van der Waals surface area contributed by atoms with Gasteiger partial charge in [0.15, 0.2) is 0 Å². The normalized spacial score (nSPS) is 13.8. The fourth-order valence-electron chi connectivity index (χ4n) is 2.08. The van der Waals surface area contributed by atoms with Gasteiger partial charge in [-0.1, -0.05) is 6.08 Å². The molecular weight excluding hydrogens is 276 g/mol. The van der Waals surface area contributed by atoms with Crippen LogP contribution in [0.5, 0.6) is 0 Å². The van der Waals surface area contributed by atoms with Gasteiger partial charge in [0.2, 0.25) is 5.91 Å². The maximum atomic E-state index is 12.2. The molecule has 7 nitrogen and oxygen atoms in total. The molecule has 0 aromatic heterocycles. The predicted octanol–water partition coefficient (Wildman–Crippen LogP) is 0.161. The summed E-state index contributed by atoms with van der Waals surface area (Å²) in [4.78, 5) is 37.9. The summed E-state index contributed by atoms with van der Waals surface area (Å²) in [6.45, 7) is -0.313. The van der Waals surface area contributed by atoms with Crippen molar-refractivity contribution in [2.75, 3.05) is 40.9 Å². The Kier molecular flexibility index (Phi) is 6.87. The molecule has 1 rings (SSSR count). The zero-order chi connectivity index (χ0) is 15.8. The first-order chi connectivity index (χ1) is 9.97. The predicted molar refractivity (Wildman–Crippen MR) is 75.2 cm³/mol. The zero-order valence-corrected chi connectivity index (χ0v) is 12.8. The lowest BCUT2D eigenvalue weighted by atomic mass is 10.3. The second-order valence-electron chi connectivity index (χ2n) is 4.84. The first kappa shape index (κ1) is 17.2. The topological polar surface area (TPSA) is 76.1 Å². The van der Waals surface area contributed by atoms with Crippen LogP contribution < -0.4 is 0 Å². The third kappa shape index (κ3) is 5.55. The molecule has 0 aromatic carbocycles. The number of amides is 1. The number of methoxy groups -OCH3 is 2. The lowest BCUT2D eigenvalue weighted by Crippen LogP contribution is -2.43. The molecule has 1 amide bonds. The maximum absolute atomic E-state index is 12.2. The molecule has 0 fully saturated rings. The Balaban J connectivity index is 2.62. The third-order valence-electron chi connectivity index (χ3n) is 3.34. The van der Waals surface area contributed by atoms with Gasteiger partial charge in [0.05, 0.1) is 33.9 Å². The molecule has 1 aliphatic carbocycles. The number of carbonyl (C=O) groups is 3. The van der Waals surface area contributed by atoms with Crippen molar-refractivity contribution in [1.29, 1.82) is 0 Å². The summed E-state index contributed by atoms with van der Waals surface area (Å²) in [5.74, 6) is -1.18. The van der Waals surface area contributed by atoms with E-state index in [4.69, 9.17) is 0 Å². The lowest BCUT2D eigenvalue weighted by molar-refractivity contribution is -0.146. The molecule has 118 valence electrons. The van der Waals surface area contributed by atoms with Crippen LogP contribution >= 0.6 is 0 Å². The molecule has 0 spiro atoms. The number of nitrogens with zero attached hydrogens (tertiary/aromatic N) is 2. The fraction of sp³-hybridized carbons (Fsp3) is 0.643. The van der Waals surface area contributed by atoms with E-state index in [9.17, 15) is 14.4 Å². The van der Waals surface area contributed by atoms with Crippen LogP contribution in [-0.4, -0.2) is 68.5 Å². The number of hydrogen-bond donors (Lipinski definition) is 0. The molecule has 0 aromatic rings. The van der Waals surface area contributed by atoms with E-state index in [0.29, 0.717) is 0 Å². The van der Waals surface area contributed by atoms with Crippen LogP contribution in [0, 0.1) is 0 Å². The van der Waals surface area contributed by atoms with Gasteiger partial charge in [-0.2, -0.15) is 0 Å². The summed E-state index contributed by atoms with van der Waals surface area (Å²) < 4.78 is 9.14. The third-order valence-corrected chi connectivity index (χ3v) is 3.34. The molecule has 0 saturated carbocycles. The van der Waals surface area contributed by atoms with Crippen molar-refractivity contribution in [3.05, 3.63) is 11.8 Å². The molecule has 0 radical (unpaired) electrons. The van der Waals surface area contributed by atoms with E-state index in [1.54, 1.807) is 11.9 Å². The van der Waals surface area contributed by atoms with E-state index < -0.39 is 11.9 Å². The molecule has 0 aliphatic heterocycles. The van der Waals surface area contributed by atoms with Crippen molar-refractivity contribution in [3.8, 4) is 0 Å². The van der Waals surface area contributed by atoms with E-state index >= 15 is 0 Å². The first-order valence-corrected chi connectivity index (χ1v) is 6.79. The summed E-state index contributed by atoms with van der Waals surface area (Å²) in [6.07, 6.45) is 4.92. The second-order valence-corrected chi connectivity index (χ2v) is 4.84. The van der Waals surface area contributed by atoms with E-state index in [1.165, 1.54) is 19.1 Å². The van der Waals surface area contributed by atoms with E-state index in [-0.39, 0.29) is 25.5 Å². The van der Waals surface area contributed by atoms with Gasteiger partial charge >= 0.3 is 11.9 Å². The number of likely N-dealkylation sites (N-methyl/N-ethyl adjacent to an activating group) is 1. The number of allylic oxidation sites excluding steroid dienone is 2. The van der Waals surface area contributed by atoms with Gasteiger partial charge in [-0.15, -0.1) is 0 Å². The minimum Gasteiger partial charge on any atom is -0.468 e. The molecule has 0 unspecified atom stereocenters. The van der Waals surface area contributed by atoms with Crippen LogP contribution in [0.4, 0.5) is 0 Å². The van der Waals surface area contributed by atoms with Crippen LogP contribution in [0.2, 0.25) is 0 Å². The van der Waals surface area contributed by atoms with Crippen molar-refractivity contribution in [1.82, 2.24) is 9.80 Å². The first-order valence-electron chi connectivity index (χ1n) is 6.79. The van der Waals surface area contributed by atoms with Crippen LogP contribution in [0.15, 0.2) is 11.8 Å². The Morgan fingerprint density at radius 1 is 1.10 bits per heavy atom. The summed E-state index contributed by atoms with van der Waals surface area (Å²) in [5.41, 5.74) is 0.982. The molecule has 21 heavy (non-hydrogen) atoms. The number of carbonyl (C=O) groups excluding carboxylic acids is 3. The molecule has 0 N–H and O–H groups in total. The molecule has 0 heterocycles. The van der Waals surface area contributed by atoms with Crippen LogP contribution in [0.3, 0.4) is 0 Å². The summed E-state index contributed by atoms with van der Waals surface area (Å²) in [5, 5.41) is 0. The number of esters is 2. The SMILES string of the molecule is COC(=O)CN(CC(=O)OC)CC(=O)N(C)C1=CCCC1. The van der Waals surface area contributed by atoms with Crippen molar-refractivity contribution >= 4 is 17.8 Å². The van der Waals surface area contributed by atoms with Gasteiger partial charge in [-0.25, -0.2) is 0 Å². The van der Waals surface area contributed by atoms with Crippen LogP contribution in [0.1, 0.15) is 19.3 Å². The summed E-state index contributed by atoms with van der Waals surface area (Å²) in [6, 6.07) is 0. The molecule has 7 heteroatoms. The minimum atomic E-state index is -0.505. The number of rotatable bonds is 7.